The molecule has 0 amide bonds. The summed E-state index contributed by atoms with van der Waals surface area (Å²) in [4.78, 5) is 0. The first kappa shape index (κ1) is 12.8. The third-order valence-electron chi connectivity index (χ3n) is 3.40. The standard InChI is InChI=1S/C15H21N3/c1-10-6-7-13(11(2)8-10)15-12(3)18(5)17-14(15)9-16-4/h6-8,16H,9H2,1-5H3. The summed E-state index contributed by atoms with van der Waals surface area (Å²) in [6, 6.07) is 6.59. The van der Waals surface area contributed by atoms with Gasteiger partial charge in [0.15, 0.2) is 0 Å². The number of benzene rings is 1. The highest BCUT2D eigenvalue weighted by Crippen LogP contribution is 2.30. The number of rotatable bonds is 3. The Kier molecular flexibility index (Phi) is 3.53. The minimum Gasteiger partial charge on any atom is -0.314 e. The largest absolute Gasteiger partial charge is 0.314 e. The molecule has 0 aliphatic heterocycles. The normalized spacial score (nSPS) is 10.9. The van der Waals surface area contributed by atoms with Gasteiger partial charge in [0.25, 0.3) is 0 Å². The molecule has 0 unspecified atom stereocenters. The Labute approximate surface area is 109 Å². The van der Waals surface area contributed by atoms with E-state index in [1.165, 1.54) is 27.9 Å². The summed E-state index contributed by atoms with van der Waals surface area (Å²) in [5.74, 6) is 0. The average Bonchev–Trinajstić information content (AvgIpc) is 2.57. The Hall–Kier alpha value is -1.61. The molecule has 0 radical (unpaired) electrons. The van der Waals surface area contributed by atoms with E-state index in [2.05, 4.69) is 49.4 Å². The molecule has 1 aromatic heterocycles. The number of nitrogens with zero attached hydrogens (tertiary/aromatic N) is 2. The third-order valence-corrected chi connectivity index (χ3v) is 3.40. The van der Waals surface area contributed by atoms with Crippen LogP contribution in [-0.2, 0) is 13.6 Å². The van der Waals surface area contributed by atoms with Crippen LogP contribution in [0.25, 0.3) is 11.1 Å². The maximum absolute atomic E-state index is 4.59. The molecule has 3 heteroatoms. The molecule has 0 fully saturated rings. The molecule has 2 aromatic rings. The maximum Gasteiger partial charge on any atom is 0.0843 e. The SMILES string of the molecule is CNCc1nn(C)c(C)c1-c1ccc(C)cc1C. The topological polar surface area (TPSA) is 29.9 Å². The third kappa shape index (κ3) is 2.18. The molecule has 1 aromatic carbocycles. The summed E-state index contributed by atoms with van der Waals surface area (Å²) in [6.45, 7) is 7.21. The van der Waals surface area contributed by atoms with Crippen molar-refractivity contribution in [2.45, 2.75) is 27.3 Å². The van der Waals surface area contributed by atoms with Gasteiger partial charge in [-0.3, -0.25) is 4.68 Å². The highest BCUT2D eigenvalue weighted by atomic mass is 15.3. The monoisotopic (exact) mass is 243 g/mol. The van der Waals surface area contributed by atoms with Crippen LogP contribution >= 0.6 is 0 Å². The van der Waals surface area contributed by atoms with Crippen molar-refractivity contribution in [3.63, 3.8) is 0 Å². The van der Waals surface area contributed by atoms with Crippen molar-refractivity contribution in [3.05, 3.63) is 40.7 Å². The van der Waals surface area contributed by atoms with E-state index < -0.39 is 0 Å². The van der Waals surface area contributed by atoms with Gasteiger partial charge in [0.2, 0.25) is 0 Å². The zero-order valence-electron chi connectivity index (χ0n) is 11.8. The minimum atomic E-state index is 0.796. The van der Waals surface area contributed by atoms with Crippen LogP contribution in [0.4, 0.5) is 0 Å². The Bertz CT molecular complexity index is 567. The molecule has 3 nitrogen and oxygen atoms in total. The van der Waals surface area contributed by atoms with Gasteiger partial charge in [-0.05, 0) is 38.9 Å². The van der Waals surface area contributed by atoms with E-state index in [1.807, 2.05) is 18.8 Å². The van der Waals surface area contributed by atoms with Crippen LogP contribution in [0.5, 0.6) is 0 Å². The van der Waals surface area contributed by atoms with Crippen molar-refractivity contribution >= 4 is 0 Å². The number of aromatic nitrogens is 2. The van der Waals surface area contributed by atoms with Crippen LogP contribution < -0.4 is 5.32 Å². The average molecular weight is 243 g/mol. The molecule has 0 saturated carbocycles. The van der Waals surface area contributed by atoms with Crippen LogP contribution in [0, 0.1) is 20.8 Å². The molecular weight excluding hydrogens is 222 g/mol. The Balaban J connectivity index is 2.62. The van der Waals surface area contributed by atoms with Gasteiger partial charge in [-0.25, -0.2) is 0 Å². The molecular formula is C15H21N3. The molecule has 1 N–H and O–H groups in total. The van der Waals surface area contributed by atoms with E-state index >= 15 is 0 Å². The van der Waals surface area contributed by atoms with Crippen molar-refractivity contribution in [2.75, 3.05) is 7.05 Å². The predicted octanol–water partition coefficient (Wildman–Crippen LogP) is 2.73. The Morgan fingerprint density at radius 1 is 1.22 bits per heavy atom. The summed E-state index contributed by atoms with van der Waals surface area (Å²) < 4.78 is 1.96. The first-order valence-corrected chi connectivity index (χ1v) is 6.29. The van der Waals surface area contributed by atoms with Crippen LogP contribution in [0.1, 0.15) is 22.5 Å². The summed E-state index contributed by atoms with van der Waals surface area (Å²) in [5.41, 5.74) is 7.49. The molecule has 0 spiro atoms. The summed E-state index contributed by atoms with van der Waals surface area (Å²) in [7, 11) is 3.96. The van der Waals surface area contributed by atoms with Crippen molar-refractivity contribution in [1.82, 2.24) is 15.1 Å². The zero-order chi connectivity index (χ0) is 13.3. The van der Waals surface area contributed by atoms with Crippen molar-refractivity contribution < 1.29 is 0 Å². The molecule has 1 heterocycles. The molecule has 96 valence electrons. The second kappa shape index (κ2) is 4.94. The first-order valence-electron chi connectivity index (χ1n) is 6.29. The van der Waals surface area contributed by atoms with Gasteiger partial charge in [-0.15, -0.1) is 0 Å². The van der Waals surface area contributed by atoms with E-state index in [0.29, 0.717) is 0 Å². The number of hydrogen-bond acceptors (Lipinski definition) is 2. The molecule has 18 heavy (non-hydrogen) atoms. The predicted molar refractivity (Wildman–Crippen MR) is 75.6 cm³/mol. The lowest BCUT2D eigenvalue weighted by atomic mass is 9.97. The fraction of sp³-hybridized carbons (Fsp3) is 0.400. The van der Waals surface area contributed by atoms with Gasteiger partial charge < -0.3 is 5.32 Å². The second-order valence-corrected chi connectivity index (χ2v) is 4.88. The summed E-state index contributed by atoms with van der Waals surface area (Å²) in [5, 5.41) is 7.78. The summed E-state index contributed by atoms with van der Waals surface area (Å²) in [6.07, 6.45) is 0. The van der Waals surface area contributed by atoms with E-state index in [0.717, 1.165) is 12.2 Å². The quantitative estimate of drug-likeness (QED) is 0.898. The lowest BCUT2D eigenvalue weighted by molar-refractivity contribution is 0.698. The van der Waals surface area contributed by atoms with Gasteiger partial charge in [-0.2, -0.15) is 5.10 Å². The Morgan fingerprint density at radius 3 is 2.56 bits per heavy atom. The highest BCUT2D eigenvalue weighted by Gasteiger charge is 2.15. The molecule has 2 rings (SSSR count). The molecule has 0 atom stereocenters. The van der Waals surface area contributed by atoms with Crippen LogP contribution in [0.2, 0.25) is 0 Å². The highest BCUT2D eigenvalue weighted by molar-refractivity contribution is 5.72. The number of aryl methyl sites for hydroxylation is 3. The van der Waals surface area contributed by atoms with E-state index in [-0.39, 0.29) is 0 Å². The Morgan fingerprint density at radius 2 is 1.94 bits per heavy atom. The van der Waals surface area contributed by atoms with Crippen molar-refractivity contribution in [2.24, 2.45) is 7.05 Å². The van der Waals surface area contributed by atoms with Crippen molar-refractivity contribution in [1.29, 1.82) is 0 Å². The maximum atomic E-state index is 4.59. The van der Waals surface area contributed by atoms with Crippen LogP contribution in [0.3, 0.4) is 0 Å². The second-order valence-electron chi connectivity index (χ2n) is 4.88. The van der Waals surface area contributed by atoms with E-state index in [4.69, 9.17) is 0 Å². The fourth-order valence-corrected chi connectivity index (χ4v) is 2.41. The molecule has 0 saturated heterocycles. The number of hydrogen-bond donors (Lipinski definition) is 1. The van der Waals surface area contributed by atoms with E-state index in [1.54, 1.807) is 0 Å². The van der Waals surface area contributed by atoms with Gasteiger partial charge in [0, 0.05) is 24.8 Å². The minimum absolute atomic E-state index is 0.796. The van der Waals surface area contributed by atoms with Gasteiger partial charge in [-0.1, -0.05) is 23.8 Å². The zero-order valence-corrected chi connectivity index (χ0v) is 11.8. The molecule has 0 aliphatic carbocycles. The fourth-order valence-electron chi connectivity index (χ4n) is 2.41. The van der Waals surface area contributed by atoms with Crippen LogP contribution in [0.15, 0.2) is 18.2 Å². The van der Waals surface area contributed by atoms with Gasteiger partial charge >= 0.3 is 0 Å². The lowest BCUT2D eigenvalue weighted by Gasteiger charge is -2.09. The van der Waals surface area contributed by atoms with Crippen LogP contribution in [-0.4, -0.2) is 16.8 Å². The van der Waals surface area contributed by atoms with E-state index in [9.17, 15) is 0 Å². The van der Waals surface area contributed by atoms with Gasteiger partial charge in [0.05, 0.1) is 5.69 Å². The van der Waals surface area contributed by atoms with Crippen molar-refractivity contribution in [3.8, 4) is 11.1 Å². The smallest absolute Gasteiger partial charge is 0.0843 e. The summed E-state index contributed by atoms with van der Waals surface area (Å²) >= 11 is 0. The van der Waals surface area contributed by atoms with Gasteiger partial charge in [0.1, 0.15) is 0 Å². The number of nitrogens with one attached hydrogen (secondary N) is 1. The molecule has 0 bridgehead atoms. The first-order chi connectivity index (χ1) is 8.54. The lowest BCUT2D eigenvalue weighted by Crippen LogP contribution is -2.07. The molecule has 0 aliphatic rings.